The van der Waals surface area contributed by atoms with Crippen molar-refractivity contribution in [2.45, 2.75) is 0 Å². The van der Waals surface area contributed by atoms with Gasteiger partial charge in [0.2, 0.25) is 0 Å². The molecule has 3 rings (SSSR count). The molecule has 0 aliphatic carbocycles. The quantitative estimate of drug-likeness (QED) is 0.715. The Labute approximate surface area is 136 Å². The van der Waals surface area contributed by atoms with Crippen LogP contribution in [0.1, 0.15) is 10.4 Å². The van der Waals surface area contributed by atoms with E-state index < -0.39 is 11.7 Å². The zero-order valence-electron chi connectivity index (χ0n) is 12.3. The zero-order chi connectivity index (χ0) is 16.9. The van der Waals surface area contributed by atoms with E-state index in [4.69, 9.17) is 10.5 Å². The standard InChI is InChI=1S/C16H12FN5O2/c17-11-1-2-21-15(5-11)22-16(23)10-3-12(18)6-13(4-10)24-14-7-19-9-20-8-14/h1-9H,18H2,(H,21,22,23). The van der Waals surface area contributed by atoms with Gasteiger partial charge in [-0.25, -0.2) is 19.3 Å². The topological polar surface area (TPSA) is 103 Å². The Bertz CT molecular complexity index is 873. The molecule has 0 saturated heterocycles. The highest BCUT2D eigenvalue weighted by Crippen LogP contribution is 2.24. The van der Waals surface area contributed by atoms with Crippen LogP contribution in [0.2, 0.25) is 0 Å². The lowest BCUT2D eigenvalue weighted by atomic mass is 10.1. The number of hydrogen-bond acceptors (Lipinski definition) is 6. The smallest absolute Gasteiger partial charge is 0.257 e. The first-order valence-electron chi connectivity index (χ1n) is 6.86. The number of amides is 1. The highest BCUT2D eigenvalue weighted by Gasteiger charge is 2.11. The van der Waals surface area contributed by atoms with Gasteiger partial charge in [0.15, 0.2) is 5.75 Å². The molecule has 0 atom stereocenters. The summed E-state index contributed by atoms with van der Waals surface area (Å²) in [5.74, 6) is -0.139. The summed E-state index contributed by atoms with van der Waals surface area (Å²) in [6.45, 7) is 0. The first kappa shape index (κ1) is 15.3. The van der Waals surface area contributed by atoms with Crippen molar-refractivity contribution >= 4 is 17.4 Å². The van der Waals surface area contributed by atoms with Gasteiger partial charge in [0.25, 0.3) is 5.91 Å². The molecule has 8 heteroatoms. The number of ether oxygens (including phenoxy) is 1. The molecule has 120 valence electrons. The van der Waals surface area contributed by atoms with Gasteiger partial charge >= 0.3 is 0 Å². The summed E-state index contributed by atoms with van der Waals surface area (Å²) >= 11 is 0. The predicted octanol–water partition coefficient (Wildman–Crippen LogP) is 2.64. The molecule has 0 spiro atoms. The molecule has 7 nitrogen and oxygen atoms in total. The van der Waals surface area contributed by atoms with Crippen molar-refractivity contribution in [1.29, 1.82) is 0 Å². The summed E-state index contributed by atoms with van der Waals surface area (Å²) in [7, 11) is 0. The fraction of sp³-hybridized carbons (Fsp3) is 0. The van der Waals surface area contributed by atoms with Gasteiger partial charge in [0, 0.05) is 29.6 Å². The van der Waals surface area contributed by atoms with Crippen LogP contribution in [0.4, 0.5) is 15.9 Å². The van der Waals surface area contributed by atoms with E-state index in [0.29, 0.717) is 17.2 Å². The van der Waals surface area contributed by atoms with Gasteiger partial charge in [-0.05, 0) is 18.2 Å². The summed E-state index contributed by atoms with van der Waals surface area (Å²) in [4.78, 5) is 23.8. The molecular formula is C16H12FN5O2. The molecule has 3 aromatic rings. The molecule has 24 heavy (non-hydrogen) atoms. The number of carbonyl (C=O) groups is 1. The Hall–Kier alpha value is -3.55. The minimum Gasteiger partial charge on any atom is -0.454 e. The van der Waals surface area contributed by atoms with Crippen LogP contribution in [0, 0.1) is 5.82 Å². The summed E-state index contributed by atoms with van der Waals surface area (Å²) in [5, 5.41) is 2.49. The third-order valence-electron chi connectivity index (χ3n) is 2.93. The molecule has 1 aromatic carbocycles. The van der Waals surface area contributed by atoms with Crippen molar-refractivity contribution in [2.75, 3.05) is 11.1 Å². The summed E-state index contributed by atoms with van der Waals surface area (Å²) in [6.07, 6.45) is 5.59. The highest BCUT2D eigenvalue weighted by molar-refractivity contribution is 6.04. The predicted molar refractivity (Wildman–Crippen MR) is 85.1 cm³/mol. The van der Waals surface area contributed by atoms with Crippen molar-refractivity contribution in [1.82, 2.24) is 15.0 Å². The number of nitrogens with two attached hydrogens (primary N) is 1. The van der Waals surface area contributed by atoms with E-state index in [1.807, 2.05) is 0 Å². The van der Waals surface area contributed by atoms with Crippen LogP contribution >= 0.6 is 0 Å². The second-order valence-corrected chi connectivity index (χ2v) is 4.78. The average molecular weight is 325 g/mol. The minimum absolute atomic E-state index is 0.0985. The number of nitrogen functional groups attached to an aromatic ring is 1. The number of anilines is 2. The Morgan fingerprint density at radius 3 is 2.67 bits per heavy atom. The summed E-state index contributed by atoms with van der Waals surface area (Å²) in [5.41, 5.74) is 6.38. The SMILES string of the molecule is Nc1cc(Oc2cncnc2)cc(C(=O)Nc2cc(F)ccn2)c1. The molecule has 1 amide bonds. The number of carbonyl (C=O) groups excluding carboxylic acids is 1. The first-order valence-corrected chi connectivity index (χ1v) is 6.86. The van der Waals surface area contributed by atoms with E-state index >= 15 is 0 Å². The largest absolute Gasteiger partial charge is 0.454 e. The highest BCUT2D eigenvalue weighted by atomic mass is 19.1. The summed E-state index contributed by atoms with van der Waals surface area (Å²) < 4.78 is 18.7. The lowest BCUT2D eigenvalue weighted by Gasteiger charge is -2.09. The number of rotatable bonds is 4. The third-order valence-corrected chi connectivity index (χ3v) is 2.93. The van der Waals surface area contributed by atoms with E-state index in [0.717, 1.165) is 6.07 Å². The molecule has 2 aromatic heterocycles. The number of halogens is 1. The van der Waals surface area contributed by atoms with Gasteiger partial charge in [0.1, 0.15) is 23.7 Å². The number of benzene rings is 1. The maximum Gasteiger partial charge on any atom is 0.257 e. The van der Waals surface area contributed by atoms with Gasteiger partial charge in [-0.15, -0.1) is 0 Å². The van der Waals surface area contributed by atoms with Crippen molar-refractivity contribution in [2.24, 2.45) is 0 Å². The van der Waals surface area contributed by atoms with Gasteiger partial charge in [-0.1, -0.05) is 0 Å². The molecule has 0 saturated carbocycles. The van der Waals surface area contributed by atoms with Gasteiger partial charge in [-0.2, -0.15) is 0 Å². The van der Waals surface area contributed by atoms with E-state index in [1.54, 1.807) is 6.07 Å². The maximum absolute atomic E-state index is 13.1. The first-order chi connectivity index (χ1) is 11.6. The number of nitrogens with one attached hydrogen (secondary N) is 1. The molecule has 0 unspecified atom stereocenters. The van der Waals surface area contributed by atoms with Crippen LogP contribution in [-0.4, -0.2) is 20.9 Å². The fourth-order valence-corrected chi connectivity index (χ4v) is 1.95. The average Bonchev–Trinajstić information content (AvgIpc) is 2.55. The number of hydrogen-bond donors (Lipinski definition) is 2. The number of pyridine rings is 1. The van der Waals surface area contributed by atoms with E-state index in [-0.39, 0.29) is 11.4 Å². The summed E-state index contributed by atoms with van der Waals surface area (Å²) in [6, 6.07) is 6.83. The van der Waals surface area contributed by atoms with Crippen LogP contribution in [0.25, 0.3) is 0 Å². The number of aromatic nitrogens is 3. The molecule has 0 aliphatic heterocycles. The Morgan fingerprint density at radius 2 is 1.92 bits per heavy atom. The van der Waals surface area contributed by atoms with Crippen molar-refractivity contribution in [3.63, 3.8) is 0 Å². The lowest BCUT2D eigenvalue weighted by Crippen LogP contribution is -2.13. The van der Waals surface area contributed by atoms with E-state index in [2.05, 4.69) is 20.3 Å². The fourth-order valence-electron chi connectivity index (χ4n) is 1.95. The van der Waals surface area contributed by atoms with Crippen LogP contribution in [-0.2, 0) is 0 Å². The van der Waals surface area contributed by atoms with Crippen LogP contribution in [0.15, 0.2) is 55.2 Å². The van der Waals surface area contributed by atoms with Crippen molar-refractivity contribution in [3.05, 3.63) is 66.6 Å². The second kappa shape index (κ2) is 6.69. The Morgan fingerprint density at radius 1 is 1.12 bits per heavy atom. The monoisotopic (exact) mass is 325 g/mol. The number of nitrogens with zero attached hydrogens (tertiary/aromatic N) is 3. The van der Waals surface area contributed by atoms with Crippen LogP contribution < -0.4 is 15.8 Å². The minimum atomic E-state index is -0.499. The van der Waals surface area contributed by atoms with Crippen LogP contribution in [0.5, 0.6) is 11.5 Å². The van der Waals surface area contributed by atoms with Gasteiger partial charge in [-0.3, -0.25) is 4.79 Å². The normalized spacial score (nSPS) is 10.2. The third kappa shape index (κ3) is 3.80. The lowest BCUT2D eigenvalue weighted by molar-refractivity contribution is 0.102. The van der Waals surface area contributed by atoms with Crippen LogP contribution in [0.3, 0.4) is 0 Å². The molecule has 0 bridgehead atoms. The maximum atomic E-state index is 13.1. The van der Waals surface area contributed by atoms with Gasteiger partial charge in [0.05, 0.1) is 12.4 Å². The molecule has 3 N–H and O–H groups in total. The van der Waals surface area contributed by atoms with Crippen molar-refractivity contribution < 1.29 is 13.9 Å². The zero-order valence-corrected chi connectivity index (χ0v) is 12.3. The Balaban J connectivity index is 1.81. The second-order valence-electron chi connectivity index (χ2n) is 4.78. The molecular weight excluding hydrogens is 313 g/mol. The van der Waals surface area contributed by atoms with Gasteiger partial charge < -0.3 is 15.8 Å². The molecule has 0 aliphatic rings. The molecule has 0 radical (unpaired) electrons. The van der Waals surface area contributed by atoms with E-state index in [9.17, 15) is 9.18 Å². The van der Waals surface area contributed by atoms with E-state index in [1.165, 1.54) is 43.1 Å². The van der Waals surface area contributed by atoms with Crippen molar-refractivity contribution in [3.8, 4) is 11.5 Å². The Kier molecular flexibility index (Phi) is 4.28. The molecule has 2 heterocycles. The molecule has 0 fully saturated rings.